The molecule has 2 heterocycles. The third-order valence-electron chi connectivity index (χ3n) is 2.50. The fourth-order valence-electron chi connectivity index (χ4n) is 1.42. The number of nitrogens with zero attached hydrogens (tertiary/aromatic N) is 6. The molecule has 1 aliphatic carbocycles. The topological polar surface area (TPSA) is 69.4 Å². The van der Waals surface area contributed by atoms with Crippen LogP contribution in [-0.4, -0.2) is 29.6 Å². The van der Waals surface area contributed by atoms with E-state index in [4.69, 9.17) is 0 Å². The zero-order valence-electron chi connectivity index (χ0n) is 9.57. The molecule has 2 aromatic heterocycles. The second-order valence-electron chi connectivity index (χ2n) is 4.29. The maximum Gasteiger partial charge on any atom is 0.216 e. The van der Waals surface area contributed by atoms with Gasteiger partial charge in [-0.1, -0.05) is 0 Å². The van der Waals surface area contributed by atoms with E-state index in [0.29, 0.717) is 5.92 Å². The summed E-state index contributed by atoms with van der Waals surface area (Å²) in [5, 5.41) is 12.4. The van der Waals surface area contributed by atoms with E-state index < -0.39 is 0 Å². The molecule has 0 spiro atoms. The summed E-state index contributed by atoms with van der Waals surface area (Å²) in [6, 6.07) is 0.253. The van der Waals surface area contributed by atoms with Gasteiger partial charge in [-0.3, -0.25) is 0 Å². The average Bonchev–Trinajstić information content (AvgIpc) is 2.87. The maximum absolute atomic E-state index is 4.51. The van der Waals surface area contributed by atoms with Crippen LogP contribution in [0.2, 0.25) is 0 Å². The molecule has 0 unspecified atom stereocenters. The third kappa shape index (κ3) is 2.32. The number of tetrazole rings is 1. The molecule has 90 valence electrons. The van der Waals surface area contributed by atoms with Crippen molar-refractivity contribution in [1.29, 1.82) is 0 Å². The summed E-state index contributed by atoms with van der Waals surface area (Å²) >= 11 is 2.92. The molecule has 6 nitrogen and oxygen atoms in total. The first kappa shape index (κ1) is 11.1. The van der Waals surface area contributed by atoms with Crippen molar-refractivity contribution < 1.29 is 0 Å². The molecule has 0 N–H and O–H groups in total. The Labute approximate surface area is 107 Å². The SMILES string of the molecule is CC(C)n1nnnc1Sc1nc(C2CC2)ns1. The van der Waals surface area contributed by atoms with Crippen LogP contribution in [0.1, 0.15) is 44.5 Å². The lowest BCUT2D eigenvalue weighted by molar-refractivity contribution is 0.477. The van der Waals surface area contributed by atoms with E-state index >= 15 is 0 Å². The van der Waals surface area contributed by atoms with Gasteiger partial charge in [0.2, 0.25) is 5.16 Å². The molecule has 1 fully saturated rings. The van der Waals surface area contributed by atoms with Crippen LogP contribution in [-0.2, 0) is 0 Å². The Hall–Kier alpha value is -1.02. The first-order chi connectivity index (χ1) is 8.24. The van der Waals surface area contributed by atoms with Crippen LogP contribution in [0, 0.1) is 0 Å². The second kappa shape index (κ2) is 4.34. The first-order valence-corrected chi connectivity index (χ1v) is 7.12. The number of aromatic nitrogens is 6. The standard InChI is InChI=1S/C9H12N6S2/c1-5(2)15-8(11-13-14-15)16-9-10-7(12-17-9)6-3-4-6/h5-6H,3-4H2,1-2H3. The molecule has 1 saturated carbocycles. The van der Waals surface area contributed by atoms with Crippen molar-refractivity contribution in [2.24, 2.45) is 0 Å². The van der Waals surface area contributed by atoms with Gasteiger partial charge >= 0.3 is 0 Å². The van der Waals surface area contributed by atoms with Gasteiger partial charge in [0, 0.05) is 5.92 Å². The molecule has 0 bridgehead atoms. The molecule has 0 saturated heterocycles. The summed E-state index contributed by atoms with van der Waals surface area (Å²) in [5.74, 6) is 1.59. The third-order valence-corrected chi connectivity index (χ3v) is 4.21. The summed E-state index contributed by atoms with van der Waals surface area (Å²) < 4.78 is 7.08. The molecule has 0 amide bonds. The van der Waals surface area contributed by atoms with Gasteiger partial charge in [-0.15, -0.1) is 5.10 Å². The van der Waals surface area contributed by atoms with Crippen LogP contribution >= 0.6 is 23.3 Å². The molecule has 3 rings (SSSR count). The average molecular weight is 268 g/mol. The summed E-state index contributed by atoms with van der Waals surface area (Å²) in [5.41, 5.74) is 0. The Kier molecular flexibility index (Phi) is 2.83. The Morgan fingerprint density at radius 2 is 2.24 bits per heavy atom. The molecule has 8 heteroatoms. The molecule has 0 radical (unpaired) electrons. The quantitative estimate of drug-likeness (QED) is 0.846. The van der Waals surface area contributed by atoms with Crippen molar-refractivity contribution >= 4 is 23.3 Å². The lowest BCUT2D eigenvalue weighted by atomic mass is 10.4. The second-order valence-corrected chi connectivity index (χ2v) is 6.26. The molecule has 0 atom stereocenters. The Balaban J connectivity index is 1.78. The molecule has 0 aromatic carbocycles. The van der Waals surface area contributed by atoms with Gasteiger partial charge in [0.15, 0.2) is 4.34 Å². The molecule has 2 aromatic rings. The number of rotatable bonds is 4. The van der Waals surface area contributed by atoms with Gasteiger partial charge in [0.25, 0.3) is 0 Å². The van der Waals surface area contributed by atoms with Crippen molar-refractivity contribution in [3.05, 3.63) is 5.82 Å². The highest BCUT2D eigenvalue weighted by Gasteiger charge is 2.28. The first-order valence-electron chi connectivity index (χ1n) is 5.53. The van der Waals surface area contributed by atoms with Crippen molar-refractivity contribution in [3.8, 4) is 0 Å². The summed E-state index contributed by atoms with van der Waals surface area (Å²) in [4.78, 5) is 4.51. The summed E-state index contributed by atoms with van der Waals surface area (Å²) in [6.45, 7) is 4.10. The number of hydrogen-bond donors (Lipinski definition) is 0. The minimum atomic E-state index is 0.253. The van der Waals surface area contributed by atoms with Crippen molar-refractivity contribution in [1.82, 2.24) is 29.6 Å². The van der Waals surface area contributed by atoms with E-state index in [2.05, 4.69) is 38.7 Å². The Bertz CT molecular complexity index is 515. The van der Waals surface area contributed by atoms with Crippen LogP contribution in [0.25, 0.3) is 0 Å². The van der Waals surface area contributed by atoms with Gasteiger partial charge in [-0.2, -0.15) is 4.37 Å². The molecule has 1 aliphatic rings. The zero-order chi connectivity index (χ0) is 11.8. The van der Waals surface area contributed by atoms with Crippen LogP contribution < -0.4 is 0 Å². The molecular formula is C9H12N6S2. The normalized spacial score (nSPS) is 15.7. The Morgan fingerprint density at radius 3 is 2.94 bits per heavy atom. The predicted molar refractivity (Wildman–Crippen MR) is 64.2 cm³/mol. The van der Waals surface area contributed by atoms with Crippen LogP contribution in [0.4, 0.5) is 0 Å². The monoisotopic (exact) mass is 268 g/mol. The molecule has 0 aliphatic heterocycles. The number of hydrogen-bond acceptors (Lipinski definition) is 7. The van der Waals surface area contributed by atoms with Gasteiger partial charge in [0.05, 0.1) is 6.04 Å². The van der Waals surface area contributed by atoms with Crippen LogP contribution in [0.3, 0.4) is 0 Å². The van der Waals surface area contributed by atoms with E-state index in [-0.39, 0.29) is 6.04 Å². The molecular weight excluding hydrogens is 256 g/mol. The van der Waals surface area contributed by atoms with Crippen molar-refractivity contribution in [3.63, 3.8) is 0 Å². The zero-order valence-corrected chi connectivity index (χ0v) is 11.2. The smallest absolute Gasteiger partial charge is 0.216 e. The maximum atomic E-state index is 4.51. The minimum absolute atomic E-state index is 0.253. The highest BCUT2D eigenvalue weighted by molar-refractivity contribution is 8.00. The highest BCUT2D eigenvalue weighted by atomic mass is 32.2. The van der Waals surface area contributed by atoms with E-state index in [9.17, 15) is 0 Å². The fourth-order valence-corrected chi connectivity index (χ4v) is 3.12. The Morgan fingerprint density at radius 1 is 1.41 bits per heavy atom. The van der Waals surface area contributed by atoms with E-state index in [0.717, 1.165) is 15.3 Å². The van der Waals surface area contributed by atoms with Gasteiger partial charge in [-0.25, -0.2) is 9.67 Å². The lowest BCUT2D eigenvalue weighted by Crippen LogP contribution is -2.04. The fraction of sp³-hybridized carbons (Fsp3) is 0.667. The van der Waals surface area contributed by atoms with Crippen LogP contribution in [0.15, 0.2) is 9.50 Å². The van der Waals surface area contributed by atoms with E-state index in [1.807, 2.05) is 0 Å². The highest BCUT2D eigenvalue weighted by Crippen LogP contribution is 2.40. The summed E-state index contributed by atoms with van der Waals surface area (Å²) in [6.07, 6.45) is 2.45. The van der Waals surface area contributed by atoms with Crippen molar-refractivity contribution in [2.45, 2.75) is 48.1 Å². The van der Waals surface area contributed by atoms with E-state index in [1.165, 1.54) is 36.1 Å². The molecule has 17 heavy (non-hydrogen) atoms. The summed E-state index contributed by atoms with van der Waals surface area (Å²) in [7, 11) is 0. The predicted octanol–water partition coefficient (Wildman–Crippen LogP) is 2.13. The van der Waals surface area contributed by atoms with Gasteiger partial charge < -0.3 is 0 Å². The van der Waals surface area contributed by atoms with Crippen LogP contribution in [0.5, 0.6) is 0 Å². The minimum Gasteiger partial charge on any atom is -0.218 e. The largest absolute Gasteiger partial charge is 0.218 e. The van der Waals surface area contributed by atoms with E-state index in [1.54, 1.807) is 4.68 Å². The lowest BCUT2D eigenvalue weighted by Gasteiger charge is -2.04. The van der Waals surface area contributed by atoms with Gasteiger partial charge in [-0.05, 0) is 60.4 Å². The van der Waals surface area contributed by atoms with Gasteiger partial charge in [0.1, 0.15) is 5.82 Å². The van der Waals surface area contributed by atoms with Crippen molar-refractivity contribution in [2.75, 3.05) is 0 Å².